The largest absolute Gasteiger partial charge is 0.507 e. The van der Waals surface area contributed by atoms with E-state index in [-0.39, 0.29) is 11.8 Å². The van der Waals surface area contributed by atoms with Crippen LogP contribution >= 0.6 is 0 Å². The van der Waals surface area contributed by atoms with Crippen LogP contribution in [-0.4, -0.2) is 47.9 Å². The van der Waals surface area contributed by atoms with E-state index in [4.69, 9.17) is 18.9 Å². The minimum atomic E-state index is -0.662. The van der Waals surface area contributed by atoms with E-state index in [1.165, 1.54) is 0 Å². The van der Waals surface area contributed by atoms with E-state index in [9.17, 15) is 5.11 Å². The highest BCUT2D eigenvalue weighted by Crippen LogP contribution is 2.57. The molecule has 0 radical (unpaired) electrons. The van der Waals surface area contributed by atoms with Crippen LogP contribution in [0.4, 0.5) is 0 Å². The van der Waals surface area contributed by atoms with Gasteiger partial charge in [0.2, 0.25) is 11.6 Å². The maximum Gasteiger partial charge on any atom is 0.211 e. The Morgan fingerprint density at radius 1 is 0.871 bits per heavy atom. The van der Waals surface area contributed by atoms with Gasteiger partial charge in [-0.3, -0.25) is 4.90 Å². The average molecular weight is 432 g/mol. The van der Waals surface area contributed by atoms with E-state index in [0.29, 0.717) is 37.3 Å². The summed E-state index contributed by atoms with van der Waals surface area (Å²) in [4.78, 5) is 2.31. The van der Waals surface area contributed by atoms with Crippen LogP contribution in [0.2, 0.25) is 0 Å². The second-order valence-electron chi connectivity index (χ2n) is 10.3. The molecule has 4 aliphatic rings. The van der Waals surface area contributed by atoms with Gasteiger partial charge in [0.15, 0.2) is 0 Å². The predicted molar refractivity (Wildman–Crippen MR) is 117 cm³/mol. The second-order valence-corrected chi connectivity index (χ2v) is 10.3. The fourth-order valence-corrected chi connectivity index (χ4v) is 6.21. The highest BCUT2D eigenvalue weighted by Gasteiger charge is 2.55. The third-order valence-electron chi connectivity index (χ3n) is 8.39. The number of hydrogen-bond donors (Lipinski definition) is 1. The summed E-state index contributed by atoms with van der Waals surface area (Å²) in [6.07, 6.45) is 1.60. The van der Waals surface area contributed by atoms with Crippen LogP contribution in [0.5, 0.6) is 17.2 Å². The summed E-state index contributed by atoms with van der Waals surface area (Å²) in [5.74, 6) is 1.84. The molecule has 0 spiro atoms. The first-order valence-electron chi connectivity index (χ1n) is 12.0. The number of rotatable bonds is 4. The number of phenolic OH excluding ortho intramolecular Hbond substituents is 1. The molecule has 0 saturated carbocycles. The van der Waals surface area contributed by atoms with Gasteiger partial charge in [-0.15, -0.1) is 0 Å². The van der Waals surface area contributed by atoms with Gasteiger partial charge in [0.1, 0.15) is 17.2 Å². The number of phenols is 1. The number of nitrogens with zero attached hydrogens (tertiary/aromatic N) is 1. The maximum absolute atomic E-state index is 11.5. The number of fused-ring (bicyclic) bond motifs is 5. The lowest BCUT2D eigenvalue weighted by Gasteiger charge is -2.44. The quantitative estimate of drug-likeness (QED) is 0.775. The van der Waals surface area contributed by atoms with Crippen molar-refractivity contribution in [1.82, 2.24) is 4.90 Å². The maximum atomic E-state index is 11.5. The Labute approximate surface area is 185 Å². The van der Waals surface area contributed by atoms with Crippen LogP contribution in [0.25, 0.3) is 0 Å². The van der Waals surface area contributed by atoms with Crippen molar-refractivity contribution in [3.05, 3.63) is 16.7 Å². The summed E-state index contributed by atoms with van der Waals surface area (Å²) < 4.78 is 25.5. The molecule has 172 valence electrons. The van der Waals surface area contributed by atoms with E-state index in [1.807, 2.05) is 13.8 Å². The van der Waals surface area contributed by atoms with Crippen molar-refractivity contribution in [2.24, 2.45) is 23.7 Å². The van der Waals surface area contributed by atoms with Gasteiger partial charge in [0.25, 0.3) is 0 Å². The van der Waals surface area contributed by atoms with Gasteiger partial charge in [-0.05, 0) is 37.8 Å². The lowest BCUT2D eigenvalue weighted by atomic mass is 9.77. The van der Waals surface area contributed by atoms with E-state index in [0.717, 1.165) is 54.1 Å². The summed E-state index contributed by atoms with van der Waals surface area (Å²) in [7, 11) is 0. The lowest BCUT2D eigenvalue weighted by molar-refractivity contribution is -0.174. The lowest BCUT2D eigenvalue weighted by Crippen LogP contribution is -2.47. The van der Waals surface area contributed by atoms with Crippen LogP contribution in [0.15, 0.2) is 0 Å². The SMILES string of the molecule is CCN(CC)Cc1c(O)c2c(c3c1OC1(C)OCC(C)C1C3)OC1(C)OCC(C)C1C2. The van der Waals surface area contributed by atoms with Gasteiger partial charge >= 0.3 is 0 Å². The summed E-state index contributed by atoms with van der Waals surface area (Å²) in [5.41, 5.74) is 2.89. The summed E-state index contributed by atoms with van der Waals surface area (Å²) >= 11 is 0. The van der Waals surface area contributed by atoms with Gasteiger partial charge in [-0.2, -0.15) is 0 Å². The fourth-order valence-electron chi connectivity index (χ4n) is 6.21. The zero-order valence-electron chi connectivity index (χ0n) is 19.8. The van der Waals surface area contributed by atoms with E-state index < -0.39 is 11.6 Å². The van der Waals surface area contributed by atoms with Gasteiger partial charge in [0, 0.05) is 43.4 Å². The topological polar surface area (TPSA) is 60.4 Å². The van der Waals surface area contributed by atoms with Gasteiger partial charge in [-0.1, -0.05) is 27.7 Å². The minimum Gasteiger partial charge on any atom is -0.507 e. The Hall–Kier alpha value is -1.50. The molecule has 2 fully saturated rings. The van der Waals surface area contributed by atoms with E-state index in [2.05, 4.69) is 32.6 Å². The van der Waals surface area contributed by atoms with Gasteiger partial charge < -0.3 is 24.1 Å². The molecule has 1 N–H and O–H groups in total. The van der Waals surface area contributed by atoms with Crippen molar-refractivity contribution in [3.8, 4) is 17.2 Å². The first kappa shape index (κ1) is 21.4. The first-order valence-corrected chi connectivity index (χ1v) is 12.0. The third kappa shape index (κ3) is 3.09. The van der Waals surface area contributed by atoms with Crippen molar-refractivity contribution in [3.63, 3.8) is 0 Å². The summed E-state index contributed by atoms with van der Waals surface area (Å²) in [5, 5.41) is 11.5. The molecule has 31 heavy (non-hydrogen) atoms. The summed E-state index contributed by atoms with van der Waals surface area (Å²) in [6, 6.07) is 0. The Morgan fingerprint density at radius 2 is 1.39 bits per heavy atom. The molecular formula is C25H37NO5. The van der Waals surface area contributed by atoms with Crippen LogP contribution in [0.1, 0.15) is 58.2 Å². The zero-order chi connectivity index (χ0) is 22.1. The molecule has 0 amide bonds. The van der Waals surface area contributed by atoms with Crippen LogP contribution in [-0.2, 0) is 28.9 Å². The molecule has 6 heteroatoms. The number of aromatic hydroxyl groups is 1. The van der Waals surface area contributed by atoms with Crippen molar-refractivity contribution in [2.45, 2.75) is 72.5 Å². The Kier molecular flexibility index (Phi) is 5.00. The van der Waals surface area contributed by atoms with Crippen molar-refractivity contribution in [2.75, 3.05) is 26.3 Å². The molecule has 6 unspecified atom stereocenters. The highest BCUT2D eigenvalue weighted by atomic mass is 16.7. The molecule has 1 aromatic carbocycles. The van der Waals surface area contributed by atoms with Crippen LogP contribution < -0.4 is 9.47 Å². The van der Waals surface area contributed by atoms with Crippen molar-refractivity contribution in [1.29, 1.82) is 0 Å². The van der Waals surface area contributed by atoms with Gasteiger partial charge in [0.05, 0.1) is 18.8 Å². The first-order chi connectivity index (χ1) is 14.7. The predicted octanol–water partition coefficient (Wildman–Crippen LogP) is 4.10. The molecular weight excluding hydrogens is 394 g/mol. The molecule has 0 aliphatic carbocycles. The normalized spacial score (nSPS) is 38.2. The van der Waals surface area contributed by atoms with E-state index in [1.54, 1.807) is 0 Å². The molecule has 2 saturated heterocycles. The Morgan fingerprint density at radius 3 is 1.94 bits per heavy atom. The van der Waals surface area contributed by atoms with Crippen LogP contribution in [0, 0.1) is 23.7 Å². The molecule has 6 atom stereocenters. The smallest absolute Gasteiger partial charge is 0.211 e. The number of benzene rings is 1. The Balaban J connectivity index is 1.67. The number of ether oxygens (including phenoxy) is 4. The summed E-state index contributed by atoms with van der Waals surface area (Å²) in [6.45, 7) is 16.7. The molecule has 1 aromatic rings. The van der Waals surface area contributed by atoms with Crippen molar-refractivity contribution < 1.29 is 24.1 Å². The fraction of sp³-hybridized carbons (Fsp3) is 0.760. The van der Waals surface area contributed by atoms with Crippen LogP contribution in [0.3, 0.4) is 0 Å². The monoisotopic (exact) mass is 431 g/mol. The standard InChI is InChI=1S/C25H37NO5/c1-7-26(8-2)11-18-21(27)16-9-19-14(3)12-28-24(19,5)30-22(16)17-10-20-15(4)13-29-25(20,6)31-23(17)18/h14-15,19-20,27H,7-13H2,1-6H3. The number of hydrogen-bond acceptors (Lipinski definition) is 6. The third-order valence-corrected chi connectivity index (χ3v) is 8.39. The molecule has 0 aromatic heterocycles. The van der Waals surface area contributed by atoms with Gasteiger partial charge in [-0.25, -0.2) is 0 Å². The minimum absolute atomic E-state index is 0.230. The molecule has 4 aliphatic heterocycles. The van der Waals surface area contributed by atoms with Crippen molar-refractivity contribution >= 4 is 0 Å². The highest BCUT2D eigenvalue weighted by molar-refractivity contribution is 5.64. The molecule has 5 rings (SSSR count). The molecule has 6 nitrogen and oxygen atoms in total. The molecule has 0 bridgehead atoms. The average Bonchev–Trinajstić information content (AvgIpc) is 3.21. The second kappa shape index (κ2) is 7.26. The Bertz CT molecular complexity index is 883. The van der Waals surface area contributed by atoms with E-state index >= 15 is 0 Å². The molecule has 4 heterocycles. The zero-order valence-corrected chi connectivity index (χ0v) is 19.8.